The Bertz CT molecular complexity index is 668. The van der Waals surface area contributed by atoms with E-state index in [2.05, 4.69) is 29.2 Å². The van der Waals surface area contributed by atoms with Crippen LogP contribution < -0.4 is 0 Å². The Labute approximate surface area is 124 Å². The summed E-state index contributed by atoms with van der Waals surface area (Å²) < 4.78 is 0. The van der Waals surface area contributed by atoms with Gasteiger partial charge in [0.1, 0.15) is 0 Å². The Kier molecular flexibility index (Phi) is 2.89. The van der Waals surface area contributed by atoms with Crippen LogP contribution in [0.25, 0.3) is 0 Å². The maximum atomic E-state index is 9.92. The fourth-order valence-corrected chi connectivity index (χ4v) is 3.90. The molecule has 0 spiro atoms. The van der Waals surface area contributed by atoms with E-state index in [4.69, 9.17) is 0 Å². The van der Waals surface area contributed by atoms with Gasteiger partial charge in [0.05, 0.1) is 0 Å². The van der Waals surface area contributed by atoms with Crippen LogP contribution in [-0.4, -0.2) is 28.2 Å². The van der Waals surface area contributed by atoms with E-state index >= 15 is 0 Å². The van der Waals surface area contributed by atoms with Crippen LogP contribution in [0.15, 0.2) is 42.5 Å². The van der Waals surface area contributed by atoms with Crippen LogP contribution in [0, 0.1) is 0 Å². The smallest absolute Gasteiger partial charge is 0.157 e. The first-order chi connectivity index (χ1) is 10.2. The molecule has 0 aromatic heterocycles. The van der Waals surface area contributed by atoms with Crippen molar-refractivity contribution in [3.8, 4) is 11.5 Å². The molecule has 3 heteroatoms. The third-order valence-electron chi connectivity index (χ3n) is 4.90. The van der Waals surface area contributed by atoms with Crippen LogP contribution in [-0.2, 0) is 0 Å². The second-order valence-electron chi connectivity index (χ2n) is 6.09. The van der Waals surface area contributed by atoms with Gasteiger partial charge < -0.3 is 10.2 Å². The van der Waals surface area contributed by atoms with E-state index in [1.54, 1.807) is 12.1 Å². The summed E-state index contributed by atoms with van der Waals surface area (Å²) in [5.74, 6) is 0.248. The highest BCUT2D eigenvalue weighted by Gasteiger charge is 2.37. The summed E-state index contributed by atoms with van der Waals surface area (Å²) in [6.07, 6.45) is 2.34. The summed E-state index contributed by atoms with van der Waals surface area (Å²) in [4.78, 5) is 2.51. The molecule has 0 bridgehead atoms. The van der Waals surface area contributed by atoms with Gasteiger partial charge in [0.2, 0.25) is 0 Å². The quantitative estimate of drug-likeness (QED) is 0.788. The third kappa shape index (κ3) is 2.00. The van der Waals surface area contributed by atoms with Crippen LogP contribution >= 0.6 is 0 Å². The van der Waals surface area contributed by atoms with E-state index in [0.29, 0.717) is 6.04 Å². The lowest BCUT2D eigenvalue weighted by atomic mass is 9.81. The highest BCUT2D eigenvalue weighted by atomic mass is 16.3. The largest absolute Gasteiger partial charge is 0.504 e. The predicted molar refractivity (Wildman–Crippen MR) is 81.6 cm³/mol. The summed E-state index contributed by atoms with van der Waals surface area (Å²) >= 11 is 0. The lowest BCUT2D eigenvalue weighted by Gasteiger charge is -2.37. The summed E-state index contributed by atoms with van der Waals surface area (Å²) in [7, 11) is 0. The molecule has 1 fully saturated rings. The molecule has 2 aliphatic rings. The first-order valence-electron chi connectivity index (χ1n) is 7.59. The molecule has 1 saturated heterocycles. The standard InChI is InChI=1S/C18H19NO2/c20-17-9-13-14(10-18(17)21)16-7-4-8-19(16)11-15(13)12-5-2-1-3-6-12/h1-3,5-6,9-10,15-16,20-21H,4,7-8,11H2/t15-,16-/m0/s1. The Morgan fingerprint density at radius 3 is 2.43 bits per heavy atom. The molecular weight excluding hydrogens is 262 g/mol. The molecule has 4 rings (SSSR count). The van der Waals surface area contributed by atoms with Crippen molar-refractivity contribution in [2.45, 2.75) is 24.8 Å². The lowest BCUT2D eigenvalue weighted by molar-refractivity contribution is 0.229. The molecule has 2 N–H and O–H groups in total. The number of phenols is 2. The first kappa shape index (κ1) is 12.7. The van der Waals surface area contributed by atoms with Gasteiger partial charge >= 0.3 is 0 Å². The Morgan fingerprint density at radius 1 is 0.952 bits per heavy atom. The van der Waals surface area contributed by atoms with Gasteiger partial charge in [-0.1, -0.05) is 30.3 Å². The number of nitrogens with zero attached hydrogens (tertiary/aromatic N) is 1. The zero-order valence-electron chi connectivity index (χ0n) is 11.9. The number of rotatable bonds is 1. The van der Waals surface area contributed by atoms with E-state index in [1.165, 1.54) is 23.1 Å². The molecule has 2 heterocycles. The first-order valence-corrected chi connectivity index (χ1v) is 7.59. The van der Waals surface area contributed by atoms with Gasteiger partial charge in [0, 0.05) is 18.5 Å². The van der Waals surface area contributed by atoms with Gasteiger partial charge in [0.25, 0.3) is 0 Å². The Hall–Kier alpha value is -2.00. The minimum atomic E-state index is -0.0128. The van der Waals surface area contributed by atoms with E-state index in [9.17, 15) is 10.2 Å². The van der Waals surface area contributed by atoms with Crippen molar-refractivity contribution in [3.63, 3.8) is 0 Å². The molecule has 0 radical (unpaired) electrons. The van der Waals surface area contributed by atoms with E-state index in [-0.39, 0.29) is 17.4 Å². The maximum Gasteiger partial charge on any atom is 0.157 e. The summed E-state index contributed by atoms with van der Waals surface area (Å²) in [5, 5.41) is 19.8. The van der Waals surface area contributed by atoms with Crippen molar-refractivity contribution in [1.29, 1.82) is 0 Å². The maximum absolute atomic E-state index is 9.92. The number of hydrogen-bond donors (Lipinski definition) is 2. The van der Waals surface area contributed by atoms with Crippen LogP contribution in [0.3, 0.4) is 0 Å². The topological polar surface area (TPSA) is 43.7 Å². The fraction of sp³-hybridized carbons (Fsp3) is 0.333. The van der Waals surface area contributed by atoms with Crippen molar-refractivity contribution in [2.75, 3.05) is 13.1 Å². The number of phenolic OH excluding ortho intramolecular Hbond substituents is 2. The Morgan fingerprint density at radius 2 is 1.67 bits per heavy atom. The number of hydrogen-bond acceptors (Lipinski definition) is 3. The average molecular weight is 281 g/mol. The van der Waals surface area contributed by atoms with Gasteiger partial charge in [-0.05, 0) is 48.2 Å². The van der Waals surface area contributed by atoms with E-state index in [0.717, 1.165) is 19.5 Å². The number of fused-ring (bicyclic) bond motifs is 3. The van der Waals surface area contributed by atoms with Crippen LogP contribution in [0.2, 0.25) is 0 Å². The van der Waals surface area contributed by atoms with Gasteiger partial charge in [-0.25, -0.2) is 0 Å². The van der Waals surface area contributed by atoms with Crippen LogP contribution in [0.1, 0.15) is 41.5 Å². The fourth-order valence-electron chi connectivity index (χ4n) is 3.90. The molecule has 108 valence electrons. The lowest BCUT2D eigenvalue weighted by Crippen LogP contribution is -2.34. The van der Waals surface area contributed by atoms with Gasteiger partial charge in [-0.3, -0.25) is 4.90 Å². The molecule has 2 aromatic carbocycles. The molecular formula is C18H19NO2. The highest BCUT2D eigenvalue weighted by molar-refractivity contribution is 5.52. The molecule has 3 nitrogen and oxygen atoms in total. The Balaban J connectivity index is 1.88. The van der Waals surface area contributed by atoms with Gasteiger partial charge in [0.15, 0.2) is 11.5 Å². The monoisotopic (exact) mass is 281 g/mol. The van der Waals surface area contributed by atoms with Crippen molar-refractivity contribution >= 4 is 0 Å². The van der Waals surface area contributed by atoms with Crippen molar-refractivity contribution in [3.05, 3.63) is 59.2 Å². The van der Waals surface area contributed by atoms with Crippen molar-refractivity contribution < 1.29 is 10.2 Å². The zero-order chi connectivity index (χ0) is 14.4. The van der Waals surface area contributed by atoms with Crippen molar-refractivity contribution in [2.24, 2.45) is 0 Å². The normalized spacial score (nSPS) is 24.6. The molecule has 2 aliphatic heterocycles. The van der Waals surface area contributed by atoms with E-state index in [1.807, 2.05) is 6.07 Å². The minimum Gasteiger partial charge on any atom is -0.504 e. The van der Waals surface area contributed by atoms with Crippen LogP contribution in [0.4, 0.5) is 0 Å². The molecule has 0 saturated carbocycles. The van der Waals surface area contributed by atoms with Gasteiger partial charge in [-0.15, -0.1) is 0 Å². The molecule has 0 unspecified atom stereocenters. The van der Waals surface area contributed by atoms with Crippen LogP contribution in [0.5, 0.6) is 11.5 Å². The second-order valence-corrected chi connectivity index (χ2v) is 6.09. The minimum absolute atomic E-state index is 0.00527. The number of benzene rings is 2. The summed E-state index contributed by atoms with van der Waals surface area (Å²) in [6, 6.07) is 14.4. The molecule has 2 atom stereocenters. The number of aromatic hydroxyl groups is 2. The zero-order valence-corrected chi connectivity index (χ0v) is 11.9. The molecule has 0 aliphatic carbocycles. The molecule has 0 amide bonds. The average Bonchev–Trinajstić information content (AvgIpc) is 2.97. The third-order valence-corrected chi connectivity index (χ3v) is 4.90. The molecule has 2 aromatic rings. The SMILES string of the molecule is Oc1cc2c(cc1O)[C@@H]1CCCN1C[C@H]2c1ccccc1. The van der Waals surface area contributed by atoms with Crippen molar-refractivity contribution in [1.82, 2.24) is 4.90 Å². The summed E-state index contributed by atoms with van der Waals surface area (Å²) in [5.41, 5.74) is 3.62. The predicted octanol–water partition coefficient (Wildman–Crippen LogP) is 3.38. The van der Waals surface area contributed by atoms with Gasteiger partial charge in [-0.2, -0.15) is 0 Å². The van der Waals surface area contributed by atoms with E-state index < -0.39 is 0 Å². The molecule has 21 heavy (non-hydrogen) atoms. The summed E-state index contributed by atoms with van der Waals surface area (Å²) in [6.45, 7) is 2.11. The highest BCUT2D eigenvalue weighted by Crippen LogP contribution is 2.47. The second kappa shape index (κ2) is 4.78.